The van der Waals surface area contributed by atoms with Crippen molar-refractivity contribution in [2.75, 3.05) is 23.0 Å². The Labute approximate surface area is 245 Å². The van der Waals surface area contributed by atoms with E-state index in [0.717, 1.165) is 5.69 Å². The maximum atomic E-state index is 14.0. The molecule has 0 aromatic heterocycles. The van der Waals surface area contributed by atoms with Crippen molar-refractivity contribution in [3.8, 4) is 17.6 Å². The summed E-state index contributed by atoms with van der Waals surface area (Å²) in [5, 5.41) is 42.2. The van der Waals surface area contributed by atoms with Gasteiger partial charge in [0.05, 0.1) is 29.0 Å². The molecule has 2 bridgehead atoms. The first-order valence-corrected chi connectivity index (χ1v) is 13.6. The fourth-order valence-electron chi connectivity index (χ4n) is 6.55. The zero-order valence-corrected chi connectivity index (χ0v) is 23.0. The van der Waals surface area contributed by atoms with Crippen LogP contribution < -0.4 is 16.0 Å². The lowest BCUT2D eigenvalue weighted by Gasteiger charge is -2.38. The van der Waals surface area contributed by atoms with Crippen LogP contribution in [-0.4, -0.2) is 63.7 Å². The number of anilines is 3. The molecule has 10 heteroatoms. The van der Waals surface area contributed by atoms with Crippen molar-refractivity contribution in [1.29, 1.82) is 0 Å². The smallest absolute Gasteiger partial charge is 0.255 e. The van der Waals surface area contributed by atoms with E-state index in [-0.39, 0.29) is 33.5 Å². The van der Waals surface area contributed by atoms with Gasteiger partial charge in [0.2, 0.25) is 0 Å². The molecule has 1 saturated heterocycles. The van der Waals surface area contributed by atoms with Gasteiger partial charge in [0.25, 0.3) is 5.91 Å². The molecule has 0 saturated carbocycles. The lowest BCUT2D eigenvalue weighted by Crippen LogP contribution is -2.54. The molecule has 43 heavy (non-hydrogen) atoms. The number of hydrogen-bond donors (Lipinski definition) is 6. The van der Waals surface area contributed by atoms with Gasteiger partial charge in [-0.15, -0.1) is 5.73 Å². The molecule has 0 spiro atoms. The fraction of sp³-hybridized carbons (Fsp3) is 0.212. The Hall–Kier alpha value is -5.17. The van der Waals surface area contributed by atoms with Crippen LogP contribution in [0.3, 0.4) is 0 Å². The number of fused-ring (bicyclic) bond motifs is 4. The molecule has 0 radical (unpaired) electrons. The highest BCUT2D eigenvalue weighted by atomic mass is 16.7. The second-order valence-corrected chi connectivity index (χ2v) is 10.9. The molecule has 5 atom stereocenters. The van der Waals surface area contributed by atoms with Crippen LogP contribution in [0.5, 0.6) is 5.75 Å². The fourth-order valence-corrected chi connectivity index (χ4v) is 6.55. The molecule has 2 aliphatic carbocycles. The van der Waals surface area contributed by atoms with Crippen LogP contribution in [0.25, 0.3) is 0 Å². The molecule has 0 unspecified atom stereocenters. The Balaban J connectivity index is 1.32. The third-order valence-electron chi connectivity index (χ3n) is 8.64. The van der Waals surface area contributed by atoms with Crippen LogP contribution >= 0.6 is 0 Å². The largest absolute Gasteiger partial charge is 0.507 e. The molecule has 7 rings (SSSR count). The summed E-state index contributed by atoms with van der Waals surface area (Å²) in [5.41, 5.74) is 1.68. The molecule has 10 nitrogen and oxygen atoms in total. The lowest BCUT2D eigenvalue weighted by atomic mass is 9.69. The van der Waals surface area contributed by atoms with Gasteiger partial charge in [0.1, 0.15) is 5.75 Å². The molecular weight excluding hydrogens is 550 g/mol. The van der Waals surface area contributed by atoms with E-state index in [0.29, 0.717) is 11.3 Å². The standard InChI is InChI=1S/C33H25N3O7/c1-16(37)32-24-6-4-3-5-7-25(39)33(32,43-32)22-15-23(38)26-27(28(22)36-24)29(40)20-13-12-19(14-21(20)30(26)41)35-31(42)17-8-10-18(34-2)11-9-17/h3,6,8-16,24-25,34,36-39H,1-2H3,(H,35,42)/t4?,16-,24+,25-,32+,33+/m1/s1. The van der Waals surface area contributed by atoms with Gasteiger partial charge in [0.15, 0.2) is 28.9 Å². The molecule has 1 amide bonds. The SMILES string of the molecule is CNc1ccc(C(=O)Nc2ccc3c(c2)C(=O)c2c(O)cc4c(c2C3=O)N[C@H]2C=C=CC#C[C@@H](O)[C@@]43O[C@@]23[C@@H](C)O)cc1. The van der Waals surface area contributed by atoms with Crippen molar-refractivity contribution in [2.45, 2.75) is 36.4 Å². The number of phenols is 1. The average molecular weight is 576 g/mol. The van der Waals surface area contributed by atoms with Gasteiger partial charge < -0.3 is 36.0 Å². The van der Waals surface area contributed by atoms with Gasteiger partial charge in [-0.2, -0.15) is 0 Å². The van der Waals surface area contributed by atoms with Crippen LogP contribution in [0.2, 0.25) is 0 Å². The van der Waals surface area contributed by atoms with Gasteiger partial charge in [-0.05, 0) is 61.5 Å². The van der Waals surface area contributed by atoms with E-state index in [4.69, 9.17) is 4.74 Å². The second-order valence-electron chi connectivity index (χ2n) is 10.9. The predicted molar refractivity (Wildman–Crippen MR) is 156 cm³/mol. The second kappa shape index (κ2) is 9.16. The highest BCUT2D eigenvalue weighted by Gasteiger charge is 2.82. The van der Waals surface area contributed by atoms with Crippen LogP contribution in [-0.2, 0) is 10.3 Å². The Kier molecular flexibility index (Phi) is 5.69. The topological polar surface area (TPSA) is 161 Å². The Bertz CT molecular complexity index is 1910. The van der Waals surface area contributed by atoms with Crippen molar-refractivity contribution >= 4 is 34.5 Å². The summed E-state index contributed by atoms with van der Waals surface area (Å²) < 4.78 is 6.17. The number of benzene rings is 3. The van der Waals surface area contributed by atoms with Crippen molar-refractivity contribution in [3.63, 3.8) is 0 Å². The third-order valence-corrected chi connectivity index (χ3v) is 8.64. The summed E-state index contributed by atoms with van der Waals surface area (Å²) >= 11 is 0. The molecule has 3 aromatic carbocycles. The number of carbonyl (C=O) groups is 3. The molecule has 3 aromatic rings. The number of aliphatic hydroxyl groups is 2. The minimum absolute atomic E-state index is 0.0193. The highest BCUT2D eigenvalue weighted by molar-refractivity contribution is 6.31. The van der Waals surface area contributed by atoms with Gasteiger partial charge in [-0.25, -0.2) is 0 Å². The first kappa shape index (κ1) is 26.7. The minimum atomic E-state index is -1.59. The number of carbonyl (C=O) groups excluding carboxylic acids is 3. The molecular formula is C33H25N3O7. The minimum Gasteiger partial charge on any atom is -0.507 e. The number of hydrogen-bond acceptors (Lipinski definition) is 9. The van der Waals surface area contributed by atoms with Gasteiger partial charge >= 0.3 is 0 Å². The zero-order chi connectivity index (χ0) is 30.3. The maximum absolute atomic E-state index is 14.0. The number of ketones is 2. The van der Waals surface area contributed by atoms with Crippen LogP contribution in [0.4, 0.5) is 17.1 Å². The lowest BCUT2D eigenvalue weighted by molar-refractivity contribution is 0.0852. The number of ether oxygens (including phenoxy) is 1. The van der Waals surface area contributed by atoms with E-state index < -0.39 is 52.7 Å². The van der Waals surface area contributed by atoms with Crippen LogP contribution in [0, 0.1) is 11.8 Å². The molecule has 214 valence electrons. The summed E-state index contributed by atoms with van der Waals surface area (Å²) in [5.74, 6) is 3.34. The number of rotatable bonds is 4. The van der Waals surface area contributed by atoms with Crippen molar-refractivity contribution in [1.82, 2.24) is 0 Å². The summed E-state index contributed by atoms with van der Waals surface area (Å²) in [6.45, 7) is 1.52. The Morgan fingerprint density at radius 3 is 2.49 bits per heavy atom. The van der Waals surface area contributed by atoms with E-state index in [1.807, 2.05) is 0 Å². The highest BCUT2D eigenvalue weighted by Crippen LogP contribution is 2.67. The van der Waals surface area contributed by atoms with E-state index in [1.54, 1.807) is 37.4 Å². The average Bonchev–Trinajstić information content (AvgIpc) is 3.73. The van der Waals surface area contributed by atoms with E-state index in [1.165, 1.54) is 37.3 Å². The molecule has 2 aliphatic heterocycles. The number of phenolic OH excluding ortho intramolecular Hbond substituents is 1. The normalized spacial score (nSPS) is 26.0. The number of nitrogens with one attached hydrogen (secondary N) is 3. The predicted octanol–water partition coefficient (Wildman–Crippen LogP) is 2.69. The summed E-state index contributed by atoms with van der Waals surface area (Å²) in [4.78, 5) is 40.7. The molecule has 4 aliphatic rings. The molecule has 6 N–H and O–H groups in total. The monoisotopic (exact) mass is 575 g/mol. The third kappa shape index (κ3) is 3.51. The van der Waals surface area contributed by atoms with Gasteiger partial charge in [0, 0.05) is 46.8 Å². The van der Waals surface area contributed by atoms with Gasteiger partial charge in [-0.1, -0.05) is 11.8 Å². The first-order chi connectivity index (χ1) is 20.6. The quantitative estimate of drug-likeness (QED) is 0.0931. The van der Waals surface area contributed by atoms with Gasteiger partial charge in [-0.3, -0.25) is 14.4 Å². The number of aromatic hydroxyl groups is 1. The molecule has 2 heterocycles. The van der Waals surface area contributed by atoms with Crippen LogP contribution in [0.1, 0.15) is 54.7 Å². The molecule has 1 fully saturated rings. The van der Waals surface area contributed by atoms with E-state index in [9.17, 15) is 29.7 Å². The Morgan fingerprint density at radius 1 is 1.05 bits per heavy atom. The van der Waals surface area contributed by atoms with Crippen molar-refractivity contribution in [3.05, 3.63) is 99.8 Å². The first-order valence-electron chi connectivity index (χ1n) is 13.6. The maximum Gasteiger partial charge on any atom is 0.255 e. The zero-order valence-electron chi connectivity index (χ0n) is 23.0. The van der Waals surface area contributed by atoms with E-state index >= 15 is 0 Å². The number of epoxide rings is 1. The number of aliphatic hydroxyl groups excluding tert-OH is 2. The van der Waals surface area contributed by atoms with Crippen LogP contribution in [0.15, 0.2) is 66.4 Å². The van der Waals surface area contributed by atoms with E-state index in [2.05, 4.69) is 33.5 Å². The Morgan fingerprint density at radius 2 is 1.77 bits per heavy atom. The number of amides is 1. The summed E-state index contributed by atoms with van der Waals surface area (Å²) in [6, 6.07) is 11.7. The summed E-state index contributed by atoms with van der Waals surface area (Å²) in [6.07, 6.45) is 0.480. The summed E-state index contributed by atoms with van der Waals surface area (Å²) in [7, 11) is 1.77. The van der Waals surface area contributed by atoms with Crippen molar-refractivity contribution in [2.24, 2.45) is 0 Å². The van der Waals surface area contributed by atoms with Crippen molar-refractivity contribution < 1.29 is 34.4 Å².